The van der Waals surface area contributed by atoms with E-state index in [0.29, 0.717) is 22.9 Å². The molecule has 0 radical (unpaired) electrons. The SMILES string of the molecule is CCC(C(=O)NC(C)(C)C)N(Cc1ccccc1Cl)C(=O)CCCN(c1ccc(OC)c(Cl)c1)S(C)(=O)=O. The van der Waals surface area contributed by atoms with Crippen LogP contribution in [0.1, 0.15) is 52.5 Å². The van der Waals surface area contributed by atoms with Crippen molar-refractivity contribution in [1.29, 1.82) is 0 Å². The summed E-state index contributed by atoms with van der Waals surface area (Å²) in [5.41, 5.74) is 0.615. The summed E-state index contributed by atoms with van der Waals surface area (Å²) in [5.74, 6) is -0.110. The van der Waals surface area contributed by atoms with Gasteiger partial charge in [-0.25, -0.2) is 8.42 Å². The van der Waals surface area contributed by atoms with E-state index in [0.717, 1.165) is 11.8 Å². The molecular formula is C27H37Cl2N3O5S. The van der Waals surface area contributed by atoms with Gasteiger partial charge in [0.2, 0.25) is 21.8 Å². The van der Waals surface area contributed by atoms with Crippen LogP contribution in [0.15, 0.2) is 42.5 Å². The molecule has 38 heavy (non-hydrogen) atoms. The van der Waals surface area contributed by atoms with E-state index in [1.165, 1.54) is 22.4 Å². The molecule has 8 nitrogen and oxygen atoms in total. The lowest BCUT2D eigenvalue weighted by molar-refractivity contribution is -0.142. The lowest BCUT2D eigenvalue weighted by Gasteiger charge is -2.33. The fraction of sp³-hybridized carbons (Fsp3) is 0.481. The molecule has 0 aliphatic heterocycles. The van der Waals surface area contributed by atoms with Crippen LogP contribution < -0.4 is 14.4 Å². The maximum Gasteiger partial charge on any atom is 0.243 e. The van der Waals surface area contributed by atoms with Gasteiger partial charge in [-0.05, 0) is 63.4 Å². The van der Waals surface area contributed by atoms with Gasteiger partial charge >= 0.3 is 0 Å². The molecule has 210 valence electrons. The van der Waals surface area contributed by atoms with E-state index >= 15 is 0 Å². The zero-order valence-electron chi connectivity index (χ0n) is 22.8. The summed E-state index contributed by atoms with van der Waals surface area (Å²) in [5, 5.41) is 3.73. The van der Waals surface area contributed by atoms with E-state index in [1.54, 1.807) is 24.3 Å². The minimum absolute atomic E-state index is 0.0274. The average molecular weight is 587 g/mol. The molecule has 0 aliphatic rings. The van der Waals surface area contributed by atoms with E-state index < -0.39 is 21.6 Å². The first-order valence-corrected chi connectivity index (χ1v) is 14.9. The molecule has 0 saturated carbocycles. The Balaban J connectivity index is 2.27. The molecule has 2 aromatic carbocycles. The summed E-state index contributed by atoms with van der Waals surface area (Å²) in [6.45, 7) is 7.68. The van der Waals surface area contributed by atoms with Gasteiger partial charge in [-0.2, -0.15) is 0 Å². The maximum absolute atomic E-state index is 13.5. The van der Waals surface area contributed by atoms with Crippen LogP contribution in [-0.4, -0.2) is 56.6 Å². The second-order valence-electron chi connectivity index (χ2n) is 10.0. The first-order valence-electron chi connectivity index (χ1n) is 12.3. The smallest absolute Gasteiger partial charge is 0.243 e. The number of carbonyl (C=O) groups is 2. The molecule has 0 bridgehead atoms. The predicted molar refractivity (Wildman–Crippen MR) is 153 cm³/mol. The number of nitrogens with zero attached hydrogens (tertiary/aromatic N) is 2. The van der Waals surface area contributed by atoms with Crippen LogP contribution in [0.25, 0.3) is 0 Å². The maximum atomic E-state index is 13.5. The van der Waals surface area contributed by atoms with Crippen LogP contribution in [0.4, 0.5) is 5.69 Å². The number of nitrogens with one attached hydrogen (secondary N) is 1. The van der Waals surface area contributed by atoms with Crippen molar-refractivity contribution < 1.29 is 22.7 Å². The van der Waals surface area contributed by atoms with E-state index in [2.05, 4.69) is 5.32 Å². The first kappa shape index (κ1) is 31.7. The van der Waals surface area contributed by atoms with E-state index in [4.69, 9.17) is 27.9 Å². The normalized spacial score (nSPS) is 12.5. The summed E-state index contributed by atoms with van der Waals surface area (Å²) >= 11 is 12.6. The molecule has 1 N–H and O–H groups in total. The molecule has 2 amide bonds. The number of hydrogen-bond acceptors (Lipinski definition) is 5. The number of rotatable bonds is 12. The van der Waals surface area contributed by atoms with Crippen LogP contribution in [0.2, 0.25) is 10.0 Å². The highest BCUT2D eigenvalue weighted by atomic mass is 35.5. The predicted octanol–water partition coefficient (Wildman–Crippen LogP) is 5.27. The van der Waals surface area contributed by atoms with E-state index in [1.807, 2.05) is 39.8 Å². The molecule has 0 heterocycles. The average Bonchev–Trinajstić information content (AvgIpc) is 2.80. The number of benzene rings is 2. The molecule has 0 aliphatic carbocycles. The van der Waals surface area contributed by atoms with Gasteiger partial charge in [0.25, 0.3) is 0 Å². The monoisotopic (exact) mass is 585 g/mol. The third-order valence-corrected chi connectivity index (χ3v) is 7.62. The molecular weight excluding hydrogens is 549 g/mol. The van der Waals surface area contributed by atoms with Crippen molar-refractivity contribution in [2.75, 3.05) is 24.2 Å². The van der Waals surface area contributed by atoms with Crippen molar-refractivity contribution in [1.82, 2.24) is 10.2 Å². The van der Waals surface area contributed by atoms with E-state index in [-0.39, 0.29) is 42.8 Å². The summed E-state index contributed by atoms with van der Waals surface area (Å²) in [4.78, 5) is 28.2. The summed E-state index contributed by atoms with van der Waals surface area (Å²) < 4.78 is 31.5. The van der Waals surface area contributed by atoms with Crippen LogP contribution in [0.3, 0.4) is 0 Å². The van der Waals surface area contributed by atoms with Crippen LogP contribution in [0.5, 0.6) is 5.75 Å². The highest BCUT2D eigenvalue weighted by Crippen LogP contribution is 2.30. The minimum atomic E-state index is -3.65. The van der Waals surface area contributed by atoms with Crippen LogP contribution >= 0.6 is 23.2 Å². The van der Waals surface area contributed by atoms with Crippen molar-refractivity contribution in [3.05, 3.63) is 58.1 Å². The van der Waals surface area contributed by atoms with Gasteiger partial charge in [-0.15, -0.1) is 0 Å². The Bertz CT molecular complexity index is 1230. The number of ether oxygens (including phenoxy) is 1. The number of methoxy groups -OCH3 is 1. The fourth-order valence-electron chi connectivity index (χ4n) is 4.00. The topological polar surface area (TPSA) is 96.0 Å². The van der Waals surface area contributed by atoms with Gasteiger partial charge in [0.05, 0.1) is 24.1 Å². The van der Waals surface area contributed by atoms with Crippen molar-refractivity contribution in [2.24, 2.45) is 0 Å². The minimum Gasteiger partial charge on any atom is -0.495 e. The van der Waals surface area contributed by atoms with Crippen molar-refractivity contribution >= 4 is 50.7 Å². The Morgan fingerprint density at radius 3 is 2.26 bits per heavy atom. The molecule has 2 aromatic rings. The van der Waals surface area contributed by atoms with Crippen molar-refractivity contribution in [3.8, 4) is 5.75 Å². The number of halogens is 2. The molecule has 11 heteroatoms. The number of anilines is 1. The van der Waals surface area contributed by atoms with Crippen molar-refractivity contribution in [3.63, 3.8) is 0 Å². The lowest BCUT2D eigenvalue weighted by atomic mass is 10.0. The molecule has 0 spiro atoms. The lowest BCUT2D eigenvalue weighted by Crippen LogP contribution is -2.53. The second kappa shape index (κ2) is 13.5. The number of hydrogen-bond donors (Lipinski definition) is 1. The van der Waals surface area contributed by atoms with Gasteiger partial charge < -0.3 is 15.0 Å². The van der Waals surface area contributed by atoms with Crippen LogP contribution in [-0.2, 0) is 26.2 Å². The van der Waals surface area contributed by atoms with Gasteiger partial charge in [0.1, 0.15) is 11.8 Å². The molecule has 1 unspecified atom stereocenters. The third kappa shape index (κ3) is 9.06. The van der Waals surface area contributed by atoms with Gasteiger partial charge in [-0.1, -0.05) is 48.3 Å². The Kier molecular flexibility index (Phi) is 11.3. The summed E-state index contributed by atoms with van der Waals surface area (Å²) in [7, 11) is -2.18. The second-order valence-corrected chi connectivity index (χ2v) is 12.8. The Morgan fingerprint density at radius 1 is 1.08 bits per heavy atom. The van der Waals surface area contributed by atoms with E-state index in [9.17, 15) is 18.0 Å². The Morgan fingerprint density at radius 2 is 1.74 bits per heavy atom. The summed E-state index contributed by atoms with van der Waals surface area (Å²) in [6.07, 6.45) is 1.75. The standard InChI is InChI=1S/C27H37Cl2N3O5S/c1-7-23(26(34)30-27(2,3)4)31(18-19-11-8-9-12-21(19)28)25(33)13-10-16-32(38(6,35)36)20-14-15-24(37-5)22(29)17-20/h8-9,11-12,14-15,17,23H,7,10,13,16,18H2,1-6H3,(H,30,34). The largest absolute Gasteiger partial charge is 0.495 e. The van der Waals surface area contributed by atoms with Gasteiger partial charge in [-0.3, -0.25) is 13.9 Å². The van der Waals surface area contributed by atoms with Gasteiger partial charge in [0.15, 0.2) is 0 Å². The molecule has 1 atom stereocenters. The highest BCUT2D eigenvalue weighted by Gasteiger charge is 2.31. The Hall–Kier alpha value is -2.49. The van der Waals surface area contributed by atoms with Gasteiger partial charge in [0, 0.05) is 30.1 Å². The number of carbonyl (C=O) groups excluding carboxylic acids is 2. The summed E-state index contributed by atoms with van der Waals surface area (Å²) in [6, 6.07) is 11.2. The molecule has 0 aromatic heterocycles. The van der Waals surface area contributed by atoms with Crippen molar-refractivity contribution in [2.45, 2.75) is 65.1 Å². The zero-order valence-corrected chi connectivity index (χ0v) is 25.1. The number of sulfonamides is 1. The third-order valence-electron chi connectivity index (χ3n) is 5.76. The highest BCUT2D eigenvalue weighted by molar-refractivity contribution is 7.92. The zero-order chi connectivity index (χ0) is 28.7. The number of amides is 2. The molecule has 2 rings (SSSR count). The molecule has 0 saturated heterocycles. The first-order chi connectivity index (χ1) is 17.7. The molecule has 0 fully saturated rings. The van der Waals surface area contributed by atoms with Crippen LogP contribution in [0, 0.1) is 0 Å². The quantitative estimate of drug-likeness (QED) is 0.366. The fourth-order valence-corrected chi connectivity index (χ4v) is 5.40. The Labute approximate surface area is 236 Å².